The van der Waals surface area contributed by atoms with Gasteiger partial charge in [-0.2, -0.15) is 13.2 Å². The summed E-state index contributed by atoms with van der Waals surface area (Å²) in [6, 6.07) is 3.53. The third-order valence-electron chi connectivity index (χ3n) is 1.34. The average molecular weight is 312 g/mol. The Hall–Kier alpha value is -0.670. The van der Waals surface area contributed by atoms with Gasteiger partial charge in [0.2, 0.25) is 0 Å². The Kier molecular flexibility index (Phi) is 7.70. The van der Waals surface area contributed by atoms with Crippen LogP contribution in [0.4, 0.5) is 18.9 Å². The molecule has 0 aromatic heterocycles. The summed E-state index contributed by atoms with van der Waals surface area (Å²) >= 11 is 5.33. The van der Waals surface area contributed by atoms with Gasteiger partial charge in [0.1, 0.15) is 5.69 Å². The molecule has 0 amide bonds. The number of quaternary nitrogens is 1. The van der Waals surface area contributed by atoms with E-state index >= 15 is 0 Å². The zero-order chi connectivity index (χ0) is 13.9. The summed E-state index contributed by atoms with van der Waals surface area (Å²) in [6.45, 7) is 0. The van der Waals surface area contributed by atoms with Crippen LogP contribution < -0.4 is 10.6 Å². The van der Waals surface area contributed by atoms with Crippen molar-refractivity contribution in [3.63, 3.8) is 0 Å². The first-order chi connectivity index (χ1) is 7.41. The third kappa shape index (κ3) is 9.37. The van der Waals surface area contributed by atoms with Crippen LogP contribution in [0.2, 0.25) is 5.02 Å². The number of benzene rings is 1. The van der Waals surface area contributed by atoms with Gasteiger partial charge in [-0.05, 0) is 6.07 Å². The van der Waals surface area contributed by atoms with Crippen LogP contribution in [0.3, 0.4) is 0 Å². The van der Waals surface area contributed by atoms with Gasteiger partial charge in [0.15, 0.2) is 0 Å². The van der Waals surface area contributed by atoms with E-state index in [0.717, 1.165) is 6.07 Å². The normalized spacial score (nSPS) is 11.1. The zero-order valence-corrected chi connectivity index (χ0v) is 10.3. The van der Waals surface area contributed by atoms with Gasteiger partial charge in [0.25, 0.3) is 7.82 Å². The van der Waals surface area contributed by atoms with Gasteiger partial charge in [-0.1, -0.05) is 11.6 Å². The molecule has 0 atom stereocenters. The second-order valence-electron chi connectivity index (χ2n) is 2.80. The molecule has 0 saturated heterocycles. The predicted molar refractivity (Wildman–Crippen MR) is 54.7 cm³/mol. The van der Waals surface area contributed by atoms with Crippen LogP contribution in [0.15, 0.2) is 18.2 Å². The van der Waals surface area contributed by atoms with Gasteiger partial charge >= 0.3 is 6.18 Å². The minimum absolute atomic E-state index is 0. The summed E-state index contributed by atoms with van der Waals surface area (Å²) in [4.78, 5) is 22.9. The van der Waals surface area contributed by atoms with E-state index in [0.29, 0.717) is 5.69 Å². The quantitative estimate of drug-likeness (QED) is 0.573. The molecule has 18 heavy (non-hydrogen) atoms. The Morgan fingerprint density at radius 1 is 1.33 bits per heavy atom. The molecular weight excluding hydrogens is 302 g/mol. The summed E-state index contributed by atoms with van der Waals surface area (Å²) < 4.78 is 45.1. The van der Waals surface area contributed by atoms with Crippen LogP contribution >= 0.6 is 19.4 Å². The van der Waals surface area contributed by atoms with Crippen LogP contribution in [0, 0.1) is 0 Å². The highest BCUT2D eigenvalue weighted by Gasteiger charge is 2.33. The van der Waals surface area contributed by atoms with Crippen molar-refractivity contribution in [3.05, 3.63) is 28.8 Å². The summed E-state index contributed by atoms with van der Waals surface area (Å²) in [7, 11) is -4.89. The largest absolute Gasteiger partial charge is 0.756 e. The number of hydrogen-bond donors (Lipinski definition) is 3. The molecular formula is C7H10ClF3NO5P. The smallest absolute Gasteiger partial charge is 0.418 e. The maximum Gasteiger partial charge on any atom is 0.418 e. The molecule has 0 radical (unpaired) electrons. The van der Waals surface area contributed by atoms with Crippen molar-refractivity contribution in [1.82, 2.24) is 0 Å². The number of alkyl halides is 3. The molecule has 1 rings (SSSR count). The first-order valence-electron chi connectivity index (χ1n) is 3.86. The van der Waals surface area contributed by atoms with E-state index in [2.05, 4.69) is 5.73 Å². The zero-order valence-electron chi connectivity index (χ0n) is 8.61. The Bertz CT molecular complexity index is 427. The van der Waals surface area contributed by atoms with Crippen molar-refractivity contribution in [3.8, 4) is 0 Å². The minimum atomic E-state index is -4.89. The Morgan fingerprint density at radius 3 is 2.00 bits per heavy atom. The molecule has 0 spiro atoms. The predicted octanol–water partition coefficient (Wildman–Crippen LogP) is -0.153. The van der Waals surface area contributed by atoms with E-state index in [-0.39, 0.29) is 10.5 Å². The topological polar surface area (TPSA) is 140 Å². The molecule has 0 unspecified atom stereocenters. The first-order valence-corrected chi connectivity index (χ1v) is 5.77. The number of hydrogen-bond acceptors (Lipinski definition) is 2. The summed E-state index contributed by atoms with van der Waals surface area (Å²) in [5, 5.41) is -0.296. The van der Waals surface area contributed by atoms with Crippen molar-refractivity contribution in [2.45, 2.75) is 6.18 Å². The van der Waals surface area contributed by atoms with Crippen LogP contribution in [0.25, 0.3) is 0 Å². The molecule has 0 saturated carbocycles. The van der Waals surface area contributed by atoms with Gasteiger partial charge in [0.05, 0.1) is 10.6 Å². The van der Waals surface area contributed by atoms with Crippen LogP contribution in [0.5, 0.6) is 0 Å². The van der Waals surface area contributed by atoms with Gasteiger partial charge < -0.3 is 25.9 Å². The van der Waals surface area contributed by atoms with Crippen LogP contribution in [0.1, 0.15) is 5.56 Å². The molecule has 7 N–H and O–H groups in total. The van der Waals surface area contributed by atoms with Gasteiger partial charge in [-0.25, -0.2) is 0 Å². The second kappa shape index (κ2) is 7.05. The highest BCUT2D eigenvalue weighted by atomic mass is 35.5. The maximum atomic E-state index is 12.1. The lowest BCUT2D eigenvalue weighted by molar-refractivity contribution is -0.255. The lowest BCUT2D eigenvalue weighted by Gasteiger charge is -2.07. The number of halogens is 4. The molecule has 1 aromatic carbocycles. The monoisotopic (exact) mass is 311 g/mol. The molecule has 11 heteroatoms. The summed E-state index contributed by atoms with van der Waals surface area (Å²) in [6.07, 6.45) is -4.40. The molecule has 106 valence electrons. The van der Waals surface area contributed by atoms with Crippen molar-refractivity contribution in [1.29, 1.82) is 0 Å². The lowest BCUT2D eigenvalue weighted by Crippen LogP contribution is -2.40. The van der Waals surface area contributed by atoms with Crippen molar-refractivity contribution in [2.75, 3.05) is 0 Å². The van der Waals surface area contributed by atoms with E-state index in [1.54, 1.807) is 0 Å². The maximum absolute atomic E-state index is 12.1. The van der Waals surface area contributed by atoms with Gasteiger partial charge in [0, 0.05) is 12.1 Å². The fourth-order valence-electron chi connectivity index (χ4n) is 0.790. The second-order valence-corrected chi connectivity index (χ2v) is 4.19. The summed E-state index contributed by atoms with van der Waals surface area (Å²) in [5.74, 6) is 0. The molecule has 0 aliphatic carbocycles. The van der Waals surface area contributed by atoms with E-state index in [1.807, 2.05) is 0 Å². The summed E-state index contributed by atoms with van der Waals surface area (Å²) in [5.41, 5.74) is 2.84. The molecule has 1 aromatic rings. The highest BCUT2D eigenvalue weighted by molar-refractivity contribution is 7.43. The Labute approximate surface area is 104 Å². The molecule has 0 bridgehead atoms. The Balaban J connectivity index is 0. The third-order valence-corrected chi connectivity index (χ3v) is 1.67. The van der Waals surface area contributed by atoms with Crippen molar-refractivity contribution in [2.24, 2.45) is 0 Å². The Morgan fingerprint density at radius 2 is 1.72 bits per heavy atom. The first kappa shape index (κ1) is 19.7. The molecule has 0 aliphatic heterocycles. The molecule has 0 fully saturated rings. The van der Waals surface area contributed by atoms with Crippen LogP contribution in [-0.2, 0) is 10.7 Å². The van der Waals surface area contributed by atoms with Gasteiger partial charge in [-0.3, -0.25) is 4.57 Å². The lowest BCUT2D eigenvalue weighted by atomic mass is 10.2. The van der Waals surface area contributed by atoms with E-state index in [9.17, 15) is 13.2 Å². The number of rotatable bonds is 0. The van der Waals surface area contributed by atoms with Crippen LogP contribution in [-0.4, -0.2) is 15.3 Å². The number of phosphoric acid groups is 1. The van der Waals surface area contributed by atoms with Crippen molar-refractivity contribution < 1.29 is 43.6 Å². The van der Waals surface area contributed by atoms with E-state index < -0.39 is 19.6 Å². The van der Waals surface area contributed by atoms with E-state index in [4.69, 9.17) is 30.8 Å². The SMILES string of the molecule is O.O=P([O-])(O)O.[NH3+]c1ccc(Cl)c(C(F)(F)F)c1. The van der Waals surface area contributed by atoms with Gasteiger partial charge in [-0.15, -0.1) is 0 Å². The molecule has 6 nitrogen and oxygen atoms in total. The average Bonchev–Trinajstić information content (AvgIpc) is 2.04. The molecule has 0 aliphatic rings. The van der Waals surface area contributed by atoms with E-state index in [1.165, 1.54) is 12.1 Å². The van der Waals surface area contributed by atoms with Crippen molar-refractivity contribution >= 4 is 25.1 Å². The molecule has 0 heterocycles. The fourth-order valence-corrected chi connectivity index (χ4v) is 1.01. The fraction of sp³-hybridized carbons (Fsp3) is 0.143. The highest BCUT2D eigenvalue weighted by Crippen LogP contribution is 2.35. The minimum Gasteiger partial charge on any atom is -0.756 e. The standard InChI is InChI=1S/C7H5ClF3N.H3O4P.H2O/c8-6-2-1-4(12)3-5(6)7(9,10)11;1-5(2,3)4;/h1-3H,12H2;(H3,1,2,3,4);1H2.